The molecule has 2 unspecified atom stereocenters. The number of amides is 2. The van der Waals surface area contributed by atoms with Crippen LogP contribution in [0.25, 0.3) is 11.1 Å². The van der Waals surface area contributed by atoms with Gasteiger partial charge in [-0.25, -0.2) is 17.6 Å². The molecule has 0 saturated carbocycles. The van der Waals surface area contributed by atoms with Crippen molar-refractivity contribution in [3.8, 4) is 11.1 Å². The summed E-state index contributed by atoms with van der Waals surface area (Å²) in [7, 11) is -0.126. The lowest BCUT2D eigenvalue weighted by molar-refractivity contribution is 0.102. The van der Waals surface area contributed by atoms with E-state index in [0.717, 1.165) is 0 Å². The first kappa shape index (κ1) is 18.3. The Balaban J connectivity index is 1.78. The minimum atomic E-state index is -3.26. The molecule has 3 rings (SSSR count). The molecule has 1 saturated heterocycles. The van der Waals surface area contributed by atoms with Gasteiger partial charge in [0.1, 0.15) is 5.82 Å². The van der Waals surface area contributed by atoms with Crippen LogP contribution in [-0.2, 0) is 21.6 Å². The van der Waals surface area contributed by atoms with Crippen LogP contribution in [0.1, 0.15) is 0 Å². The molecule has 1 aromatic carbocycles. The Hall–Kier alpha value is -2.46. The van der Waals surface area contributed by atoms with Crippen molar-refractivity contribution >= 4 is 21.6 Å². The molecular weight excluding hydrogens is 363 g/mol. The third-order valence-electron chi connectivity index (χ3n) is 4.17. The lowest BCUT2D eigenvalue weighted by atomic mass is 10.1. The second kappa shape index (κ2) is 7.04. The second-order valence-electron chi connectivity index (χ2n) is 6.15. The van der Waals surface area contributed by atoms with E-state index in [4.69, 9.17) is 4.74 Å². The summed E-state index contributed by atoms with van der Waals surface area (Å²) in [5, 5.41) is 9.30. The Morgan fingerprint density at radius 3 is 2.81 bits per heavy atom. The third-order valence-corrected chi connectivity index (χ3v) is 5.87. The summed E-state index contributed by atoms with van der Waals surface area (Å²) in [6, 6.07) is 2.73. The van der Waals surface area contributed by atoms with Crippen molar-refractivity contribution in [1.29, 1.82) is 0 Å². The quantitative estimate of drug-likeness (QED) is 0.826. The summed E-state index contributed by atoms with van der Waals surface area (Å²) in [6.45, 7) is 0. The number of anilines is 1. The highest BCUT2D eigenvalue weighted by atomic mass is 32.2. The number of methoxy groups -OCH3 is 1. The smallest absolute Gasteiger partial charge is 0.319 e. The molecule has 0 aliphatic carbocycles. The maximum absolute atomic E-state index is 13.6. The molecule has 1 aliphatic rings. The number of carbonyl (C=O) groups is 1. The van der Waals surface area contributed by atoms with Gasteiger partial charge in [0.05, 0.1) is 35.5 Å². The zero-order chi connectivity index (χ0) is 18.9. The molecule has 2 N–H and O–H groups in total. The van der Waals surface area contributed by atoms with Gasteiger partial charge in [-0.2, -0.15) is 5.10 Å². The van der Waals surface area contributed by atoms with E-state index in [0.29, 0.717) is 16.8 Å². The van der Waals surface area contributed by atoms with Crippen LogP contribution >= 0.6 is 0 Å². The summed E-state index contributed by atoms with van der Waals surface area (Å²) in [4.78, 5) is 12.3. The third kappa shape index (κ3) is 4.02. The molecule has 1 fully saturated rings. The number of urea groups is 1. The second-order valence-corrected chi connectivity index (χ2v) is 8.30. The van der Waals surface area contributed by atoms with Crippen molar-refractivity contribution in [3.05, 3.63) is 36.4 Å². The van der Waals surface area contributed by atoms with E-state index < -0.39 is 33.8 Å². The van der Waals surface area contributed by atoms with Crippen LogP contribution in [-0.4, -0.2) is 55.0 Å². The van der Waals surface area contributed by atoms with E-state index in [1.165, 1.54) is 25.3 Å². The van der Waals surface area contributed by atoms with Crippen LogP contribution in [0, 0.1) is 5.82 Å². The minimum absolute atomic E-state index is 0.133. The maximum atomic E-state index is 13.6. The molecule has 8 nitrogen and oxygen atoms in total. The normalized spacial score (nSPS) is 21.5. The molecule has 2 aromatic rings. The maximum Gasteiger partial charge on any atom is 0.319 e. The van der Waals surface area contributed by atoms with Gasteiger partial charge in [-0.3, -0.25) is 4.68 Å². The molecule has 1 aliphatic heterocycles. The largest absolute Gasteiger partial charge is 0.378 e. The summed E-state index contributed by atoms with van der Waals surface area (Å²) in [5.41, 5.74) is 1.49. The molecule has 2 heterocycles. The van der Waals surface area contributed by atoms with Gasteiger partial charge in [0.25, 0.3) is 0 Å². The molecule has 0 bridgehead atoms. The molecular formula is C16H19FN4O4S. The minimum Gasteiger partial charge on any atom is -0.378 e. The molecule has 1 aromatic heterocycles. The Bertz CT molecular complexity index is 928. The Labute approximate surface area is 150 Å². The fourth-order valence-corrected chi connectivity index (χ4v) is 4.78. The standard InChI is InChI=1S/C16H19FN4O4S/c1-21-7-10(6-18-21)12-5-11(17)3-4-13(12)19-16(22)20-14-8-26(23,24)9-15(14)25-2/h3-7,14-15H,8-9H2,1-2H3,(H2,19,20,22). The Morgan fingerprint density at radius 1 is 1.38 bits per heavy atom. The number of aryl methyl sites for hydroxylation is 1. The highest BCUT2D eigenvalue weighted by Gasteiger charge is 2.38. The van der Waals surface area contributed by atoms with E-state index in [-0.39, 0.29) is 11.5 Å². The molecule has 26 heavy (non-hydrogen) atoms. The lowest BCUT2D eigenvalue weighted by Gasteiger charge is -2.19. The van der Waals surface area contributed by atoms with Gasteiger partial charge in [-0.05, 0) is 18.2 Å². The van der Waals surface area contributed by atoms with Gasteiger partial charge in [0, 0.05) is 31.5 Å². The van der Waals surface area contributed by atoms with Crippen LogP contribution in [0.15, 0.2) is 30.6 Å². The average molecular weight is 382 g/mol. The number of rotatable bonds is 4. The molecule has 0 spiro atoms. The van der Waals surface area contributed by atoms with E-state index in [1.807, 2.05) is 0 Å². The Morgan fingerprint density at radius 2 is 2.15 bits per heavy atom. The molecule has 0 radical (unpaired) electrons. The fourth-order valence-electron chi connectivity index (χ4n) is 2.93. The predicted molar refractivity (Wildman–Crippen MR) is 94.0 cm³/mol. The van der Waals surface area contributed by atoms with Crippen molar-refractivity contribution in [3.63, 3.8) is 0 Å². The van der Waals surface area contributed by atoms with Gasteiger partial charge in [-0.15, -0.1) is 0 Å². The number of hydrogen-bond donors (Lipinski definition) is 2. The zero-order valence-corrected chi connectivity index (χ0v) is 15.1. The van der Waals surface area contributed by atoms with Crippen LogP contribution in [0.3, 0.4) is 0 Å². The Kier molecular flexibility index (Phi) is 4.97. The van der Waals surface area contributed by atoms with E-state index in [2.05, 4.69) is 15.7 Å². The number of nitrogens with zero attached hydrogens (tertiary/aromatic N) is 2. The van der Waals surface area contributed by atoms with Crippen molar-refractivity contribution < 1.29 is 22.3 Å². The average Bonchev–Trinajstić information content (AvgIpc) is 3.11. The first-order valence-corrected chi connectivity index (χ1v) is 9.69. The number of sulfone groups is 1. The summed E-state index contributed by atoms with van der Waals surface area (Å²) < 4.78 is 43.8. The number of halogens is 1. The van der Waals surface area contributed by atoms with Crippen LogP contribution in [0.2, 0.25) is 0 Å². The molecule has 2 amide bonds. The van der Waals surface area contributed by atoms with Crippen molar-refractivity contribution in [2.45, 2.75) is 12.1 Å². The molecule has 2 atom stereocenters. The van der Waals surface area contributed by atoms with Crippen LogP contribution in [0.5, 0.6) is 0 Å². The molecule has 10 heteroatoms. The first-order valence-electron chi connectivity index (χ1n) is 7.87. The number of aromatic nitrogens is 2. The van der Waals surface area contributed by atoms with Crippen molar-refractivity contribution in [2.24, 2.45) is 7.05 Å². The van der Waals surface area contributed by atoms with Crippen LogP contribution in [0.4, 0.5) is 14.9 Å². The number of hydrogen-bond acceptors (Lipinski definition) is 5. The highest BCUT2D eigenvalue weighted by molar-refractivity contribution is 7.91. The fraction of sp³-hybridized carbons (Fsp3) is 0.375. The van der Waals surface area contributed by atoms with Gasteiger partial charge in [0.15, 0.2) is 9.84 Å². The van der Waals surface area contributed by atoms with Crippen molar-refractivity contribution in [1.82, 2.24) is 15.1 Å². The van der Waals surface area contributed by atoms with Crippen molar-refractivity contribution in [2.75, 3.05) is 23.9 Å². The summed E-state index contributed by atoms with van der Waals surface area (Å²) >= 11 is 0. The van der Waals surface area contributed by atoms with Gasteiger partial charge in [0.2, 0.25) is 0 Å². The van der Waals surface area contributed by atoms with E-state index >= 15 is 0 Å². The number of carbonyl (C=O) groups excluding carboxylic acids is 1. The first-order chi connectivity index (χ1) is 12.3. The SMILES string of the molecule is COC1CS(=O)(=O)CC1NC(=O)Nc1ccc(F)cc1-c1cnn(C)c1. The summed E-state index contributed by atoms with van der Waals surface area (Å²) in [5.74, 6) is -0.764. The topological polar surface area (TPSA) is 102 Å². The lowest BCUT2D eigenvalue weighted by Crippen LogP contribution is -2.45. The highest BCUT2D eigenvalue weighted by Crippen LogP contribution is 2.28. The van der Waals surface area contributed by atoms with Gasteiger partial charge in [-0.1, -0.05) is 0 Å². The number of benzene rings is 1. The monoisotopic (exact) mass is 382 g/mol. The number of nitrogens with one attached hydrogen (secondary N) is 2. The van der Waals surface area contributed by atoms with E-state index in [9.17, 15) is 17.6 Å². The summed E-state index contributed by atoms with van der Waals surface area (Å²) in [6.07, 6.45) is 2.65. The van der Waals surface area contributed by atoms with Gasteiger partial charge >= 0.3 is 6.03 Å². The van der Waals surface area contributed by atoms with Crippen LogP contribution < -0.4 is 10.6 Å². The zero-order valence-electron chi connectivity index (χ0n) is 14.3. The molecule has 140 valence electrons. The number of ether oxygens (including phenoxy) is 1. The van der Waals surface area contributed by atoms with E-state index in [1.54, 1.807) is 24.1 Å². The van der Waals surface area contributed by atoms with Gasteiger partial charge < -0.3 is 15.4 Å². The predicted octanol–water partition coefficient (Wildman–Crippen LogP) is 1.16.